The second-order valence-corrected chi connectivity index (χ2v) is 7.37. The third-order valence-corrected chi connectivity index (χ3v) is 5.61. The number of nitrogens with zero attached hydrogens (tertiary/aromatic N) is 2. The predicted molar refractivity (Wildman–Crippen MR) is 121 cm³/mol. The van der Waals surface area contributed by atoms with E-state index in [2.05, 4.69) is 35.9 Å². The Morgan fingerprint density at radius 1 is 1.10 bits per heavy atom. The smallest absolute Gasteiger partial charge is 0.344 e. The zero-order valence-electron chi connectivity index (χ0n) is 16.8. The minimum atomic E-state index is -0.607. The standard InChI is InChI=1S/C23H24N2O3S/c1-4-25(5-2)18-13-11-16(12-14-18)15-19-21(26)20(23(27)28-3)22(29-19)24-17-9-7-6-8-10-17/h6-15,26H,4-5H2,1-3H3. The lowest BCUT2D eigenvalue weighted by Crippen LogP contribution is -2.21. The maximum Gasteiger partial charge on any atom is 0.344 e. The van der Waals surface area contributed by atoms with Crippen molar-refractivity contribution in [1.82, 2.24) is 0 Å². The summed E-state index contributed by atoms with van der Waals surface area (Å²) in [7, 11) is 1.29. The fourth-order valence-corrected chi connectivity index (χ4v) is 4.07. The van der Waals surface area contributed by atoms with Crippen LogP contribution in [-0.4, -0.2) is 36.3 Å². The average Bonchev–Trinajstić information content (AvgIpc) is 3.05. The summed E-state index contributed by atoms with van der Waals surface area (Å²) in [5.41, 5.74) is 2.87. The number of aliphatic imine (C=N–C) groups is 1. The Bertz CT molecular complexity index is 959. The number of aliphatic hydroxyl groups is 1. The van der Waals surface area contributed by atoms with Gasteiger partial charge in [-0.25, -0.2) is 9.79 Å². The monoisotopic (exact) mass is 408 g/mol. The fourth-order valence-electron chi connectivity index (χ4n) is 3.03. The predicted octanol–water partition coefficient (Wildman–Crippen LogP) is 5.34. The molecule has 0 amide bonds. The van der Waals surface area contributed by atoms with Gasteiger partial charge in [0.25, 0.3) is 0 Å². The van der Waals surface area contributed by atoms with Crippen LogP contribution in [-0.2, 0) is 9.53 Å². The maximum absolute atomic E-state index is 12.2. The highest BCUT2D eigenvalue weighted by molar-refractivity contribution is 8.18. The number of benzene rings is 2. The van der Waals surface area contributed by atoms with E-state index in [4.69, 9.17) is 4.74 Å². The number of esters is 1. The number of aliphatic hydroxyl groups excluding tert-OH is 1. The molecular weight excluding hydrogens is 384 g/mol. The number of carbonyl (C=O) groups excluding carboxylic acids is 1. The van der Waals surface area contributed by atoms with Crippen molar-refractivity contribution in [3.05, 3.63) is 76.4 Å². The lowest BCUT2D eigenvalue weighted by atomic mass is 10.1. The molecule has 1 aliphatic heterocycles. The molecule has 0 fully saturated rings. The van der Waals surface area contributed by atoms with Crippen LogP contribution in [0.25, 0.3) is 6.08 Å². The van der Waals surface area contributed by atoms with Gasteiger partial charge in [0.15, 0.2) is 0 Å². The molecule has 0 saturated carbocycles. The zero-order valence-corrected chi connectivity index (χ0v) is 17.6. The summed E-state index contributed by atoms with van der Waals surface area (Å²) < 4.78 is 4.85. The maximum atomic E-state index is 12.2. The third-order valence-electron chi connectivity index (χ3n) is 4.59. The minimum Gasteiger partial charge on any atom is -0.506 e. The normalized spacial score (nSPS) is 16.5. The Kier molecular flexibility index (Phi) is 6.77. The number of hydrogen-bond donors (Lipinski definition) is 1. The molecule has 3 rings (SSSR count). The molecule has 150 valence electrons. The second kappa shape index (κ2) is 9.47. The Balaban J connectivity index is 1.94. The van der Waals surface area contributed by atoms with E-state index in [1.165, 1.54) is 18.9 Å². The number of ether oxygens (including phenoxy) is 1. The summed E-state index contributed by atoms with van der Waals surface area (Å²) in [6.07, 6.45) is 1.85. The van der Waals surface area contributed by atoms with Gasteiger partial charge in [0.1, 0.15) is 16.4 Å². The largest absolute Gasteiger partial charge is 0.506 e. The highest BCUT2D eigenvalue weighted by Gasteiger charge is 2.32. The summed E-state index contributed by atoms with van der Waals surface area (Å²) in [6.45, 7) is 6.13. The number of carbonyl (C=O) groups is 1. The lowest BCUT2D eigenvalue weighted by Gasteiger charge is -2.20. The first-order chi connectivity index (χ1) is 14.1. The molecule has 1 aliphatic rings. The van der Waals surface area contributed by atoms with Crippen molar-refractivity contribution in [2.75, 3.05) is 25.1 Å². The Labute approximate surface area is 175 Å². The van der Waals surface area contributed by atoms with Crippen LogP contribution in [0.2, 0.25) is 0 Å². The quantitative estimate of drug-likeness (QED) is 0.654. The topological polar surface area (TPSA) is 62.1 Å². The van der Waals surface area contributed by atoms with E-state index in [0.29, 0.717) is 15.6 Å². The van der Waals surface area contributed by atoms with Crippen molar-refractivity contribution in [3.63, 3.8) is 0 Å². The van der Waals surface area contributed by atoms with Crippen molar-refractivity contribution in [2.45, 2.75) is 13.8 Å². The highest BCUT2D eigenvalue weighted by atomic mass is 32.2. The van der Waals surface area contributed by atoms with Crippen molar-refractivity contribution < 1.29 is 14.6 Å². The van der Waals surface area contributed by atoms with Crippen LogP contribution in [0.4, 0.5) is 11.4 Å². The number of hydrogen-bond acceptors (Lipinski definition) is 6. The molecule has 2 aromatic rings. The summed E-state index contributed by atoms with van der Waals surface area (Å²) >= 11 is 1.26. The molecule has 2 aromatic carbocycles. The minimum absolute atomic E-state index is 0.0902. The molecule has 0 aliphatic carbocycles. The number of anilines is 1. The Morgan fingerprint density at radius 3 is 2.34 bits per heavy atom. The van der Waals surface area contributed by atoms with E-state index in [0.717, 1.165) is 24.3 Å². The van der Waals surface area contributed by atoms with Crippen LogP contribution >= 0.6 is 11.8 Å². The van der Waals surface area contributed by atoms with E-state index in [1.807, 2.05) is 48.5 Å². The summed E-state index contributed by atoms with van der Waals surface area (Å²) in [5.74, 6) is -0.714. The molecule has 0 unspecified atom stereocenters. The molecule has 0 saturated heterocycles. The Morgan fingerprint density at radius 2 is 1.76 bits per heavy atom. The molecule has 0 atom stereocenters. The molecule has 6 heteroatoms. The van der Waals surface area contributed by atoms with Crippen LogP contribution in [0.15, 0.2) is 75.8 Å². The Hall–Kier alpha value is -2.99. The van der Waals surface area contributed by atoms with Gasteiger partial charge >= 0.3 is 5.97 Å². The highest BCUT2D eigenvalue weighted by Crippen LogP contribution is 2.40. The van der Waals surface area contributed by atoms with Gasteiger partial charge < -0.3 is 14.7 Å². The van der Waals surface area contributed by atoms with E-state index < -0.39 is 5.97 Å². The van der Waals surface area contributed by atoms with Crippen LogP contribution in [0, 0.1) is 0 Å². The zero-order chi connectivity index (χ0) is 20.8. The van der Waals surface area contributed by atoms with Gasteiger partial charge in [0.2, 0.25) is 0 Å². The van der Waals surface area contributed by atoms with E-state index >= 15 is 0 Å². The molecule has 0 aromatic heterocycles. The summed E-state index contributed by atoms with van der Waals surface area (Å²) in [6, 6.07) is 17.4. The second-order valence-electron chi connectivity index (χ2n) is 6.34. The number of rotatable bonds is 6. The molecule has 5 nitrogen and oxygen atoms in total. The fraction of sp³-hybridized carbons (Fsp3) is 0.217. The third kappa shape index (κ3) is 4.71. The molecule has 1 N–H and O–H groups in total. The van der Waals surface area contributed by atoms with Crippen molar-refractivity contribution in [2.24, 2.45) is 4.99 Å². The van der Waals surface area contributed by atoms with Gasteiger partial charge in [-0.15, -0.1) is 0 Å². The first kappa shape index (κ1) is 20.7. The van der Waals surface area contributed by atoms with E-state index in [1.54, 1.807) is 0 Å². The van der Waals surface area contributed by atoms with Gasteiger partial charge in [-0.2, -0.15) is 0 Å². The molecule has 0 bridgehead atoms. The van der Waals surface area contributed by atoms with E-state index in [9.17, 15) is 9.90 Å². The van der Waals surface area contributed by atoms with E-state index in [-0.39, 0.29) is 11.3 Å². The molecule has 0 radical (unpaired) electrons. The van der Waals surface area contributed by atoms with Crippen molar-refractivity contribution in [3.8, 4) is 0 Å². The number of methoxy groups -OCH3 is 1. The average molecular weight is 409 g/mol. The van der Waals surface area contributed by atoms with Crippen LogP contribution < -0.4 is 4.90 Å². The first-order valence-corrected chi connectivity index (χ1v) is 10.3. The first-order valence-electron chi connectivity index (χ1n) is 9.48. The SMILES string of the molecule is CCN(CC)c1ccc(C=C2SC(=Nc3ccccc3)C(C(=O)OC)=C2O)cc1. The van der Waals surface area contributed by atoms with Gasteiger partial charge in [-0.1, -0.05) is 42.1 Å². The summed E-state index contributed by atoms with van der Waals surface area (Å²) in [4.78, 5) is 19.6. The van der Waals surface area contributed by atoms with Crippen molar-refractivity contribution >= 4 is 40.2 Å². The van der Waals surface area contributed by atoms with Crippen LogP contribution in [0.3, 0.4) is 0 Å². The molecule has 1 heterocycles. The van der Waals surface area contributed by atoms with Gasteiger partial charge in [-0.3, -0.25) is 0 Å². The lowest BCUT2D eigenvalue weighted by molar-refractivity contribution is -0.135. The molecule has 0 spiro atoms. The number of thioether (sulfide) groups is 1. The summed E-state index contributed by atoms with van der Waals surface area (Å²) in [5, 5.41) is 11.1. The van der Waals surface area contributed by atoms with Gasteiger partial charge in [0.05, 0.1) is 17.7 Å². The van der Waals surface area contributed by atoms with Crippen LogP contribution in [0.5, 0.6) is 0 Å². The van der Waals surface area contributed by atoms with Crippen molar-refractivity contribution in [1.29, 1.82) is 0 Å². The molecule has 29 heavy (non-hydrogen) atoms. The van der Waals surface area contributed by atoms with Gasteiger partial charge in [0, 0.05) is 18.8 Å². The molecular formula is C23H24N2O3S. The van der Waals surface area contributed by atoms with Crippen LogP contribution in [0.1, 0.15) is 19.4 Å². The van der Waals surface area contributed by atoms with Gasteiger partial charge in [-0.05, 0) is 49.8 Å². The number of para-hydroxylation sites is 1.